The van der Waals surface area contributed by atoms with Gasteiger partial charge in [0.15, 0.2) is 0 Å². The Morgan fingerprint density at radius 3 is 2.60 bits per heavy atom. The summed E-state index contributed by atoms with van der Waals surface area (Å²) < 4.78 is 0. The van der Waals surface area contributed by atoms with Crippen LogP contribution >= 0.6 is 0 Å². The lowest BCUT2D eigenvalue weighted by Crippen LogP contribution is -2.29. The van der Waals surface area contributed by atoms with Gasteiger partial charge in [0.2, 0.25) is 0 Å². The Kier molecular flexibility index (Phi) is 4.01. The molecule has 0 radical (unpaired) electrons. The van der Waals surface area contributed by atoms with Gasteiger partial charge in [-0.1, -0.05) is 12.1 Å². The van der Waals surface area contributed by atoms with E-state index in [1.54, 1.807) is 6.20 Å². The van der Waals surface area contributed by atoms with E-state index in [1.165, 1.54) is 30.3 Å². The Balaban J connectivity index is 1.47. The second-order valence-corrected chi connectivity index (χ2v) is 7.92. The van der Waals surface area contributed by atoms with Crippen molar-refractivity contribution in [2.24, 2.45) is 0 Å². The summed E-state index contributed by atoms with van der Waals surface area (Å²) >= 11 is 0. The van der Waals surface area contributed by atoms with Crippen molar-refractivity contribution in [2.75, 3.05) is 18.0 Å². The molecule has 4 aromatic heterocycles. The predicted molar refractivity (Wildman–Crippen MR) is 120 cm³/mol. The number of benzene rings is 1. The Labute approximate surface area is 174 Å². The highest BCUT2D eigenvalue weighted by Gasteiger charge is 2.18. The highest BCUT2D eigenvalue weighted by atomic mass is 15.1. The molecule has 0 spiro atoms. The van der Waals surface area contributed by atoms with Crippen molar-refractivity contribution in [3.05, 3.63) is 61.2 Å². The summed E-state index contributed by atoms with van der Waals surface area (Å²) in [4.78, 5) is 14.7. The summed E-state index contributed by atoms with van der Waals surface area (Å²) in [5.41, 5.74) is 7.44. The SMILES string of the molecule is c1cncc(-c2ccc3[nH]nc(-c4cc5c(N6CCCCC6)cncc5[nH]4)c3c2)c1. The maximum atomic E-state index is 4.63. The van der Waals surface area contributed by atoms with Crippen LogP contribution in [0.2, 0.25) is 0 Å². The Hall–Kier alpha value is -3.67. The molecule has 0 bridgehead atoms. The van der Waals surface area contributed by atoms with Gasteiger partial charge in [0.1, 0.15) is 5.69 Å². The molecule has 5 heterocycles. The maximum Gasteiger partial charge on any atom is 0.116 e. The standard InChI is InChI=1S/C24H22N6/c1-2-9-30(10-3-1)23-15-26-14-22-18(23)12-21(27-22)24-19-11-16(6-7-20(19)28-29-24)17-5-4-8-25-13-17/h4-8,11-15,27H,1-3,9-10H2,(H,28,29). The van der Waals surface area contributed by atoms with E-state index in [4.69, 9.17) is 0 Å². The zero-order valence-electron chi connectivity index (χ0n) is 16.6. The lowest BCUT2D eigenvalue weighted by molar-refractivity contribution is 0.578. The highest BCUT2D eigenvalue weighted by molar-refractivity contribution is 6.00. The Bertz CT molecular complexity index is 1330. The number of nitrogens with one attached hydrogen (secondary N) is 2. The van der Waals surface area contributed by atoms with Crippen LogP contribution in [-0.2, 0) is 0 Å². The zero-order valence-corrected chi connectivity index (χ0v) is 16.6. The first-order valence-corrected chi connectivity index (χ1v) is 10.5. The fourth-order valence-corrected chi connectivity index (χ4v) is 4.48. The molecule has 2 N–H and O–H groups in total. The molecular weight excluding hydrogens is 372 g/mol. The molecule has 6 rings (SSSR count). The summed E-state index contributed by atoms with van der Waals surface area (Å²) in [6.45, 7) is 2.20. The van der Waals surface area contributed by atoms with Gasteiger partial charge in [-0.2, -0.15) is 5.10 Å². The van der Waals surface area contributed by atoms with E-state index in [-0.39, 0.29) is 0 Å². The Morgan fingerprint density at radius 1 is 0.800 bits per heavy atom. The first kappa shape index (κ1) is 17.2. The number of rotatable bonds is 3. The molecule has 1 saturated heterocycles. The monoisotopic (exact) mass is 394 g/mol. The molecule has 1 aliphatic heterocycles. The van der Waals surface area contributed by atoms with Gasteiger partial charge >= 0.3 is 0 Å². The molecule has 6 nitrogen and oxygen atoms in total. The van der Waals surface area contributed by atoms with Crippen LogP contribution in [0.25, 0.3) is 44.3 Å². The average molecular weight is 394 g/mol. The van der Waals surface area contributed by atoms with Gasteiger partial charge in [-0.25, -0.2) is 0 Å². The normalized spacial score (nSPS) is 14.6. The van der Waals surface area contributed by atoms with Gasteiger partial charge in [-0.3, -0.25) is 15.1 Å². The van der Waals surface area contributed by atoms with Crippen LogP contribution in [0.1, 0.15) is 19.3 Å². The third kappa shape index (κ3) is 2.84. The van der Waals surface area contributed by atoms with Crippen LogP contribution in [0.15, 0.2) is 61.2 Å². The number of H-pyrrole nitrogens is 2. The number of anilines is 1. The quantitative estimate of drug-likeness (QED) is 0.443. The first-order valence-electron chi connectivity index (χ1n) is 10.5. The smallest absolute Gasteiger partial charge is 0.116 e. The molecule has 5 aromatic rings. The predicted octanol–water partition coefficient (Wildman–Crippen LogP) is 5.16. The first-order chi connectivity index (χ1) is 14.9. The molecule has 0 aliphatic carbocycles. The molecule has 0 unspecified atom stereocenters. The van der Waals surface area contributed by atoms with Crippen molar-refractivity contribution >= 4 is 27.5 Å². The molecule has 0 saturated carbocycles. The molecule has 148 valence electrons. The average Bonchev–Trinajstić information content (AvgIpc) is 3.43. The van der Waals surface area contributed by atoms with Crippen LogP contribution in [-0.4, -0.2) is 38.2 Å². The minimum atomic E-state index is 0.927. The summed E-state index contributed by atoms with van der Waals surface area (Å²) in [5, 5.41) is 10.1. The van der Waals surface area contributed by atoms with Crippen molar-refractivity contribution in [2.45, 2.75) is 19.3 Å². The van der Waals surface area contributed by atoms with Crippen molar-refractivity contribution < 1.29 is 0 Å². The van der Waals surface area contributed by atoms with Gasteiger partial charge in [0.05, 0.1) is 34.8 Å². The largest absolute Gasteiger partial charge is 0.370 e. The van der Waals surface area contributed by atoms with Crippen LogP contribution < -0.4 is 4.90 Å². The molecule has 1 fully saturated rings. The summed E-state index contributed by atoms with van der Waals surface area (Å²) in [7, 11) is 0. The maximum absolute atomic E-state index is 4.63. The number of nitrogens with zero attached hydrogens (tertiary/aromatic N) is 4. The zero-order chi connectivity index (χ0) is 19.9. The van der Waals surface area contributed by atoms with Gasteiger partial charge in [0.25, 0.3) is 0 Å². The number of aromatic amines is 2. The van der Waals surface area contributed by atoms with Gasteiger partial charge in [-0.05, 0) is 49.1 Å². The number of piperidine rings is 1. The minimum absolute atomic E-state index is 0.927. The van der Waals surface area contributed by atoms with Gasteiger partial charge < -0.3 is 9.88 Å². The van der Waals surface area contributed by atoms with Crippen LogP contribution in [0.5, 0.6) is 0 Å². The van der Waals surface area contributed by atoms with Crippen molar-refractivity contribution in [3.8, 4) is 22.5 Å². The molecular formula is C24H22N6. The molecule has 1 aromatic carbocycles. The fraction of sp³-hybridized carbons (Fsp3) is 0.208. The van der Waals surface area contributed by atoms with Crippen molar-refractivity contribution in [1.29, 1.82) is 0 Å². The van der Waals surface area contributed by atoms with Crippen molar-refractivity contribution in [3.63, 3.8) is 0 Å². The van der Waals surface area contributed by atoms with E-state index in [1.807, 2.05) is 24.7 Å². The van der Waals surface area contributed by atoms with E-state index in [0.717, 1.165) is 52.0 Å². The third-order valence-electron chi connectivity index (χ3n) is 6.03. The van der Waals surface area contributed by atoms with E-state index >= 15 is 0 Å². The van der Waals surface area contributed by atoms with Crippen LogP contribution in [0.3, 0.4) is 0 Å². The third-order valence-corrected chi connectivity index (χ3v) is 6.03. The number of fused-ring (bicyclic) bond motifs is 2. The summed E-state index contributed by atoms with van der Waals surface area (Å²) in [5.74, 6) is 0. The fourth-order valence-electron chi connectivity index (χ4n) is 4.48. The van der Waals surface area contributed by atoms with Gasteiger partial charge in [0, 0.05) is 41.8 Å². The highest BCUT2D eigenvalue weighted by Crippen LogP contribution is 2.34. The second-order valence-electron chi connectivity index (χ2n) is 7.92. The van der Waals surface area contributed by atoms with E-state index in [2.05, 4.69) is 60.4 Å². The number of hydrogen-bond acceptors (Lipinski definition) is 4. The Morgan fingerprint density at radius 2 is 1.73 bits per heavy atom. The molecule has 1 aliphatic rings. The lowest BCUT2D eigenvalue weighted by atomic mass is 10.0. The van der Waals surface area contributed by atoms with Gasteiger partial charge in [-0.15, -0.1) is 0 Å². The summed E-state index contributed by atoms with van der Waals surface area (Å²) in [6.07, 6.45) is 11.4. The number of hydrogen-bond donors (Lipinski definition) is 2. The molecule has 6 heteroatoms. The number of aromatic nitrogens is 5. The molecule has 30 heavy (non-hydrogen) atoms. The van der Waals surface area contributed by atoms with Crippen LogP contribution in [0.4, 0.5) is 5.69 Å². The molecule has 0 amide bonds. The second kappa shape index (κ2) is 6.99. The lowest BCUT2D eigenvalue weighted by Gasteiger charge is -2.28. The summed E-state index contributed by atoms with van der Waals surface area (Å²) in [6, 6.07) is 12.6. The van der Waals surface area contributed by atoms with E-state index < -0.39 is 0 Å². The van der Waals surface area contributed by atoms with Crippen LogP contribution in [0, 0.1) is 0 Å². The van der Waals surface area contributed by atoms with E-state index in [9.17, 15) is 0 Å². The van der Waals surface area contributed by atoms with E-state index in [0.29, 0.717) is 0 Å². The topological polar surface area (TPSA) is 73.5 Å². The molecule has 0 atom stereocenters. The van der Waals surface area contributed by atoms with Crippen molar-refractivity contribution in [1.82, 2.24) is 25.1 Å². The minimum Gasteiger partial charge on any atom is -0.370 e. The number of pyridine rings is 2.